The standard InChI is InChI=1S/C12H10N.C3H8O.2ClH.Ti/c1-3-7-11(8-4-1)13-12-9-5-2-6-10-12;1-2-3-4;;;/h1-10H;4H,2-3H2,1H3;2*1H;/q-1;;;;. The van der Waals surface area contributed by atoms with Crippen LogP contribution in [0, 0.1) is 0 Å². The largest absolute Gasteiger partial charge is 0.658 e. The van der Waals surface area contributed by atoms with Crippen molar-refractivity contribution in [3.05, 3.63) is 66.0 Å². The van der Waals surface area contributed by atoms with Gasteiger partial charge in [-0.25, -0.2) is 0 Å². The fourth-order valence-corrected chi connectivity index (χ4v) is 1.15. The average molecular weight is 349 g/mol. The molecule has 0 unspecified atom stereocenters. The van der Waals surface area contributed by atoms with E-state index in [2.05, 4.69) is 5.32 Å². The molecular weight excluding hydrogens is 329 g/mol. The molecule has 0 saturated carbocycles. The number of aliphatic hydroxyl groups excluding tert-OH is 1. The van der Waals surface area contributed by atoms with Gasteiger partial charge in [-0.1, -0.05) is 67.6 Å². The van der Waals surface area contributed by atoms with Gasteiger partial charge in [0.2, 0.25) is 0 Å². The summed E-state index contributed by atoms with van der Waals surface area (Å²) < 4.78 is 0. The van der Waals surface area contributed by atoms with Crippen LogP contribution in [-0.2, 0) is 21.7 Å². The minimum Gasteiger partial charge on any atom is -0.658 e. The molecule has 2 nitrogen and oxygen atoms in total. The molecule has 2 aromatic carbocycles. The Morgan fingerprint density at radius 1 is 0.800 bits per heavy atom. The third kappa shape index (κ3) is 11.3. The van der Waals surface area contributed by atoms with Gasteiger partial charge in [0, 0.05) is 28.3 Å². The molecule has 5 heteroatoms. The second-order valence-electron chi connectivity index (χ2n) is 3.51. The van der Waals surface area contributed by atoms with E-state index in [0.717, 1.165) is 17.8 Å². The minimum absolute atomic E-state index is 0. The maximum Gasteiger partial charge on any atom is 0.0428 e. The molecule has 0 aromatic heterocycles. The Morgan fingerprint density at radius 2 is 1.10 bits per heavy atom. The number of para-hydroxylation sites is 2. The topological polar surface area (TPSA) is 34.3 Å². The van der Waals surface area contributed by atoms with Crippen molar-refractivity contribution in [3.8, 4) is 0 Å². The molecule has 20 heavy (non-hydrogen) atoms. The van der Waals surface area contributed by atoms with Gasteiger partial charge < -0.3 is 10.4 Å². The number of aliphatic hydroxyl groups is 1. The number of benzene rings is 2. The predicted octanol–water partition coefficient (Wildman–Crippen LogP) is 5.25. The second-order valence-corrected chi connectivity index (χ2v) is 3.51. The van der Waals surface area contributed by atoms with Gasteiger partial charge in [-0.2, -0.15) is 0 Å². The van der Waals surface area contributed by atoms with Crippen LogP contribution < -0.4 is 0 Å². The first-order valence-electron chi connectivity index (χ1n) is 5.79. The first-order valence-corrected chi connectivity index (χ1v) is 5.79. The number of hydrogen-bond acceptors (Lipinski definition) is 1. The van der Waals surface area contributed by atoms with Crippen molar-refractivity contribution in [2.75, 3.05) is 6.61 Å². The van der Waals surface area contributed by atoms with Gasteiger partial charge in [0.15, 0.2) is 0 Å². The summed E-state index contributed by atoms with van der Waals surface area (Å²) in [6.07, 6.45) is 0.875. The van der Waals surface area contributed by atoms with Gasteiger partial charge in [0.25, 0.3) is 0 Å². The second kappa shape index (κ2) is 16.5. The fraction of sp³-hybridized carbons (Fsp3) is 0.200. The van der Waals surface area contributed by atoms with Crippen LogP contribution in [0.1, 0.15) is 13.3 Å². The summed E-state index contributed by atoms with van der Waals surface area (Å²) in [5.41, 5.74) is 1.99. The van der Waals surface area contributed by atoms with Crippen LogP contribution >= 0.6 is 24.8 Å². The molecule has 0 aliphatic heterocycles. The molecule has 0 heterocycles. The molecule has 110 valence electrons. The number of hydrogen-bond donors (Lipinski definition) is 1. The minimum atomic E-state index is 0. The Hall–Kier alpha value is -0.506. The van der Waals surface area contributed by atoms with Gasteiger partial charge in [0.05, 0.1) is 0 Å². The van der Waals surface area contributed by atoms with E-state index in [1.165, 1.54) is 0 Å². The van der Waals surface area contributed by atoms with Crippen molar-refractivity contribution in [2.24, 2.45) is 0 Å². The molecule has 0 bridgehead atoms. The zero-order chi connectivity index (χ0) is 12.3. The van der Waals surface area contributed by atoms with Gasteiger partial charge in [-0.3, -0.25) is 0 Å². The quantitative estimate of drug-likeness (QED) is 0.755. The molecule has 1 N–H and O–H groups in total. The summed E-state index contributed by atoms with van der Waals surface area (Å²) in [6.45, 7) is 2.25. The number of nitrogens with zero attached hydrogens (tertiary/aromatic N) is 1. The zero-order valence-electron chi connectivity index (χ0n) is 11.4. The van der Waals surface area contributed by atoms with E-state index in [1.54, 1.807) is 0 Å². The summed E-state index contributed by atoms with van der Waals surface area (Å²) in [5.74, 6) is 0. The molecule has 0 fully saturated rings. The fourth-order valence-electron chi connectivity index (χ4n) is 1.15. The molecule has 0 atom stereocenters. The Balaban J connectivity index is -0.000000372. The molecule has 2 rings (SSSR count). The van der Waals surface area contributed by atoms with Crippen LogP contribution in [-0.4, -0.2) is 11.7 Å². The Bertz CT molecular complexity index is 362. The molecule has 0 saturated heterocycles. The monoisotopic (exact) mass is 348 g/mol. The summed E-state index contributed by atoms with van der Waals surface area (Å²) >= 11 is 0. The molecular formula is C15H20Cl2NOTi-. The number of halogens is 2. The van der Waals surface area contributed by atoms with Crippen molar-refractivity contribution in [3.63, 3.8) is 0 Å². The van der Waals surface area contributed by atoms with Crippen molar-refractivity contribution in [1.82, 2.24) is 0 Å². The maximum absolute atomic E-state index is 7.88. The molecule has 0 amide bonds. The van der Waals surface area contributed by atoms with Crippen LogP contribution in [0.5, 0.6) is 0 Å². The molecule has 0 spiro atoms. The van der Waals surface area contributed by atoms with Crippen molar-refractivity contribution < 1.29 is 26.8 Å². The first-order chi connectivity index (χ1) is 8.36. The SMILES string of the molecule is CCCO.Cl.Cl.[Ti].c1ccc([N-]c2ccccc2)cc1. The molecule has 2 aromatic rings. The third-order valence-electron chi connectivity index (χ3n) is 1.99. The van der Waals surface area contributed by atoms with Crippen LogP contribution in [0.2, 0.25) is 0 Å². The Kier molecular flexibility index (Phi) is 20.3. The molecule has 0 aliphatic rings. The van der Waals surface area contributed by atoms with Crippen LogP contribution in [0.25, 0.3) is 5.32 Å². The van der Waals surface area contributed by atoms with E-state index in [4.69, 9.17) is 5.11 Å². The van der Waals surface area contributed by atoms with Gasteiger partial charge in [-0.15, -0.1) is 36.2 Å². The van der Waals surface area contributed by atoms with E-state index >= 15 is 0 Å². The van der Waals surface area contributed by atoms with E-state index in [1.807, 2.05) is 67.6 Å². The van der Waals surface area contributed by atoms with Crippen LogP contribution in [0.4, 0.5) is 11.4 Å². The molecule has 0 aliphatic carbocycles. The first kappa shape index (κ1) is 24.5. The van der Waals surface area contributed by atoms with Gasteiger partial charge >= 0.3 is 0 Å². The molecule has 0 radical (unpaired) electrons. The van der Waals surface area contributed by atoms with E-state index < -0.39 is 0 Å². The number of rotatable bonds is 3. The van der Waals surface area contributed by atoms with E-state index in [-0.39, 0.29) is 46.5 Å². The zero-order valence-corrected chi connectivity index (χ0v) is 14.6. The summed E-state index contributed by atoms with van der Waals surface area (Å²) in [4.78, 5) is 0. The van der Waals surface area contributed by atoms with E-state index in [0.29, 0.717) is 6.61 Å². The summed E-state index contributed by atoms with van der Waals surface area (Å²) in [5, 5.41) is 12.3. The smallest absolute Gasteiger partial charge is 0.0428 e. The Labute approximate surface area is 148 Å². The van der Waals surface area contributed by atoms with Crippen molar-refractivity contribution in [1.29, 1.82) is 0 Å². The van der Waals surface area contributed by atoms with Crippen LogP contribution in [0.15, 0.2) is 60.7 Å². The van der Waals surface area contributed by atoms with Gasteiger partial charge in [0.1, 0.15) is 0 Å². The normalized spacial score (nSPS) is 7.70. The predicted molar refractivity (Wildman–Crippen MR) is 87.4 cm³/mol. The summed E-state index contributed by atoms with van der Waals surface area (Å²) in [7, 11) is 0. The van der Waals surface area contributed by atoms with Crippen molar-refractivity contribution in [2.45, 2.75) is 13.3 Å². The Morgan fingerprint density at radius 3 is 1.35 bits per heavy atom. The van der Waals surface area contributed by atoms with Crippen LogP contribution in [0.3, 0.4) is 0 Å². The van der Waals surface area contributed by atoms with E-state index in [9.17, 15) is 0 Å². The van der Waals surface area contributed by atoms with Gasteiger partial charge in [-0.05, 0) is 6.42 Å². The third-order valence-corrected chi connectivity index (χ3v) is 1.99. The average Bonchev–Trinajstić information content (AvgIpc) is 2.41. The maximum atomic E-state index is 7.88. The van der Waals surface area contributed by atoms with Crippen molar-refractivity contribution >= 4 is 36.2 Å². The summed E-state index contributed by atoms with van der Waals surface area (Å²) in [6, 6.07) is 19.9.